The smallest absolute Gasteiger partial charge is 0.315 e. The van der Waals surface area contributed by atoms with Gasteiger partial charge in [0.1, 0.15) is 5.65 Å². The van der Waals surface area contributed by atoms with Gasteiger partial charge in [0, 0.05) is 35.9 Å². The van der Waals surface area contributed by atoms with Gasteiger partial charge in [0.2, 0.25) is 0 Å². The Morgan fingerprint density at radius 2 is 2.10 bits per heavy atom. The van der Waals surface area contributed by atoms with Gasteiger partial charge in [0.15, 0.2) is 17.5 Å². The van der Waals surface area contributed by atoms with Gasteiger partial charge in [-0.25, -0.2) is 24.1 Å². The minimum Gasteiger partial charge on any atom is -0.363 e. The van der Waals surface area contributed by atoms with Gasteiger partial charge in [-0.15, -0.1) is 0 Å². The number of rotatable bonds is 6. The highest BCUT2D eigenvalue weighted by Crippen LogP contribution is 2.27. The molecule has 3 aromatic rings. The second kappa shape index (κ2) is 9.06. The summed E-state index contributed by atoms with van der Waals surface area (Å²) in [6.45, 7) is 2.63. The Bertz CT molecular complexity index is 1020. The molecular weight excluding hydrogens is 385 g/mol. The van der Waals surface area contributed by atoms with Crippen molar-refractivity contribution in [1.82, 2.24) is 30.6 Å². The Kier molecular flexibility index (Phi) is 6.06. The predicted octanol–water partition coefficient (Wildman–Crippen LogP) is 3.59. The number of urea groups is 1. The number of hydrogen-bond donors (Lipinski definition) is 4. The van der Waals surface area contributed by atoms with Crippen LogP contribution in [0.25, 0.3) is 22.4 Å². The molecule has 0 saturated heterocycles. The zero-order valence-corrected chi connectivity index (χ0v) is 16.9. The molecule has 0 radical (unpaired) electrons. The maximum atomic E-state index is 14.5. The molecule has 158 valence electrons. The number of nitrogens with one attached hydrogen (secondary N) is 4. The second-order valence-electron chi connectivity index (χ2n) is 7.53. The van der Waals surface area contributed by atoms with E-state index in [2.05, 4.69) is 35.9 Å². The number of pyridine rings is 1. The van der Waals surface area contributed by atoms with Crippen LogP contribution >= 0.6 is 0 Å². The van der Waals surface area contributed by atoms with Gasteiger partial charge in [0.25, 0.3) is 0 Å². The molecule has 9 heteroatoms. The van der Waals surface area contributed by atoms with Crippen molar-refractivity contribution in [2.75, 3.05) is 11.9 Å². The van der Waals surface area contributed by atoms with Crippen LogP contribution in [0.3, 0.4) is 0 Å². The third-order valence-corrected chi connectivity index (χ3v) is 5.38. The van der Waals surface area contributed by atoms with Gasteiger partial charge in [-0.3, -0.25) is 0 Å². The summed E-state index contributed by atoms with van der Waals surface area (Å²) in [4.78, 5) is 28.1. The van der Waals surface area contributed by atoms with Crippen LogP contribution in [-0.2, 0) is 0 Å². The van der Waals surface area contributed by atoms with Crippen LogP contribution in [-0.4, -0.2) is 44.6 Å². The molecule has 4 N–H and O–H groups in total. The second-order valence-corrected chi connectivity index (χ2v) is 7.53. The number of H-pyrrole nitrogens is 1. The van der Waals surface area contributed by atoms with E-state index in [1.807, 2.05) is 19.1 Å². The van der Waals surface area contributed by atoms with Crippen molar-refractivity contribution in [3.05, 3.63) is 36.5 Å². The Hall–Kier alpha value is -3.23. The number of halogens is 1. The zero-order valence-electron chi connectivity index (χ0n) is 16.9. The van der Waals surface area contributed by atoms with Gasteiger partial charge in [-0.05, 0) is 31.4 Å². The average Bonchev–Trinajstić information content (AvgIpc) is 3.19. The number of nitrogens with zero attached hydrogens (tertiary/aromatic N) is 3. The number of anilines is 1. The van der Waals surface area contributed by atoms with Crippen LogP contribution < -0.4 is 16.0 Å². The lowest BCUT2D eigenvalue weighted by molar-refractivity contribution is 0.230. The molecule has 0 bridgehead atoms. The number of aromatic nitrogens is 4. The maximum absolute atomic E-state index is 14.5. The van der Waals surface area contributed by atoms with Gasteiger partial charge in [0.05, 0.1) is 12.2 Å². The van der Waals surface area contributed by atoms with E-state index in [4.69, 9.17) is 0 Å². The first-order valence-corrected chi connectivity index (χ1v) is 10.4. The molecule has 3 heterocycles. The van der Waals surface area contributed by atoms with Crippen LogP contribution in [0.4, 0.5) is 15.0 Å². The first-order chi connectivity index (χ1) is 14.7. The number of hydrogen-bond acceptors (Lipinski definition) is 5. The summed E-state index contributed by atoms with van der Waals surface area (Å²) >= 11 is 0. The van der Waals surface area contributed by atoms with Crippen molar-refractivity contribution in [3.8, 4) is 11.4 Å². The van der Waals surface area contributed by atoms with E-state index in [0.29, 0.717) is 12.4 Å². The highest BCUT2D eigenvalue weighted by atomic mass is 19.1. The fourth-order valence-electron chi connectivity index (χ4n) is 3.85. The summed E-state index contributed by atoms with van der Waals surface area (Å²) in [5.74, 6) is 0.0431. The van der Waals surface area contributed by atoms with Crippen molar-refractivity contribution in [3.63, 3.8) is 0 Å². The summed E-state index contributed by atoms with van der Waals surface area (Å²) in [7, 11) is 0. The van der Waals surface area contributed by atoms with Gasteiger partial charge < -0.3 is 20.9 Å². The van der Waals surface area contributed by atoms with Crippen LogP contribution in [0.15, 0.2) is 30.7 Å². The van der Waals surface area contributed by atoms with E-state index < -0.39 is 5.82 Å². The fourth-order valence-corrected chi connectivity index (χ4v) is 3.85. The largest absolute Gasteiger partial charge is 0.363 e. The summed E-state index contributed by atoms with van der Waals surface area (Å²) in [5.41, 5.74) is 1.49. The summed E-state index contributed by atoms with van der Waals surface area (Å²) in [5, 5.41) is 9.94. The lowest BCUT2D eigenvalue weighted by atomic mass is 9.90. The predicted molar refractivity (Wildman–Crippen MR) is 114 cm³/mol. The third-order valence-electron chi connectivity index (χ3n) is 5.38. The monoisotopic (exact) mass is 411 g/mol. The van der Waals surface area contributed by atoms with Gasteiger partial charge in [-0.2, -0.15) is 0 Å². The number of carbonyl (C=O) groups is 1. The molecule has 1 aliphatic carbocycles. The lowest BCUT2D eigenvalue weighted by Gasteiger charge is -2.33. The number of carbonyl (C=O) groups excluding carboxylic acids is 1. The van der Waals surface area contributed by atoms with Crippen molar-refractivity contribution < 1.29 is 9.18 Å². The molecule has 8 nitrogen and oxygen atoms in total. The molecule has 30 heavy (non-hydrogen) atoms. The standard InChI is InChI=1S/C21H26FN7O/c1-2-9-24-21(30)28-17-8-4-3-7-16(17)27-20-15(22)12-26-19(29-20)14-11-25-18-13(14)6-5-10-23-18/h5-6,10-12,16-17H,2-4,7-9H2,1H3,(H,23,25)(H2,24,28,30)(H,26,27,29)/t16-,17+/m1/s1. The average molecular weight is 411 g/mol. The first-order valence-electron chi connectivity index (χ1n) is 10.4. The van der Waals surface area contributed by atoms with E-state index in [0.717, 1.165) is 48.7 Å². The van der Waals surface area contributed by atoms with Crippen molar-refractivity contribution in [2.45, 2.75) is 51.1 Å². The zero-order chi connectivity index (χ0) is 20.9. The Labute approximate surface area is 174 Å². The Morgan fingerprint density at radius 1 is 1.27 bits per heavy atom. The third kappa shape index (κ3) is 4.34. The highest BCUT2D eigenvalue weighted by Gasteiger charge is 2.28. The molecule has 0 aromatic carbocycles. The molecule has 0 unspecified atom stereocenters. The van der Waals surface area contributed by atoms with E-state index in [-0.39, 0.29) is 23.9 Å². The minimum atomic E-state index is -0.517. The summed E-state index contributed by atoms with van der Waals surface area (Å²) < 4.78 is 14.5. The molecule has 0 aliphatic heterocycles. The maximum Gasteiger partial charge on any atom is 0.315 e. The molecule has 2 atom stereocenters. The molecule has 0 spiro atoms. The number of aromatic amines is 1. The van der Waals surface area contributed by atoms with Crippen molar-refractivity contribution in [2.24, 2.45) is 0 Å². The molecule has 1 fully saturated rings. The van der Waals surface area contributed by atoms with Crippen LogP contribution in [0, 0.1) is 5.82 Å². The van der Waals surface area contributed by atoms with Crippen molar-refractivity contribution in [1.29, 1.82) is 0 Å². The fraction of sp³-hybridized carbons (Fsp3) is 0.429. The van der Waals surface area contributed by atoms with E-state index in [1.165, 1.54) is 6.20 Å². The summed E-state index contributed by atoms with van der Waals surface area (Å²) in [6, 6.07) is 3.37. The molecule has 2 amide bonds. The van der Waals surface area contributed by atoms with Gasteiger partial charge >= 0.3 is 6.03 Å². The van der Waals surface area contributed by atoms with Crippen molar-refractivity contribution >= 4 is 22.9 Å². The van der Waals surface area contributed by atoms with E-state index in [1.54, 1.807) is 12.4 Å². The molecule has 1 aliphatic rings. The topological polar surface area (TPSA) is 108 Å². The van der Waals surface area contributed by atoms with E-state index in [9.17, 15) is 9.18 Å². The SMILES string of the molecule is CCCNC(=O)N[C@H]1CCCC[C@H]1Nc1nc(-c2c[nH]c3ncccc23)ncc1F. The Balaban J connectivity index is 1.54. The van der Waals surface area contributed by atoms with Gasteiger partial charge in [-0.1, -0.05) is 19.8 Å². The number of amides is 2. The van der Waals surface area contributed by atoms with Crippen LogP contribution in [0.2, 0.25) is 0 Å². The van der Waals surface area contributed by atoms with Crippen LogP contribution in [0.5, 0.6) is 0 Å². The lowest BCUT2D eigenvalue weighted by Crippen LogP contribution is -2.51. The molecule has 3 aromatic heterocycles. The van der Waals surface area contributed by atoms with E-state index >= 15 is 0 Å². The molecule has 1 saturated carbocycles. The highest BCUT2D eigenvalue weighted by molar-refractivity contribution is 5.91. The Morgan fingerprint density at radius 3 is 2.93 bits per heavy atom. The normalized spacial score (nSPS) is 18.9. The summed E-state index contributed by atoms with van der Waals surface area (Å²) in [6.07, 6.45) is 9.24. The molecule has 4 rings (SSSR count). The quantitative estimate of drug-likeness (QED) is 0.496. The number of fused-ring (bicyclic) bond motifs is 1. The van der Waals surface area contributed by atoms with Crippen LogP contribution in [0.1, 0.15) is 39.0 Å². The first kappa shape index (κ1) is 20.1. The minimum absolute atomic E-state index is 0.0919. The molecular formula is C21H26FN7O.